The van der Waals surface area contributed by atoms with E-state index in [1.54, 1.807) is 13.0 Å². The van der Waals surface area contributed by atoms with E-state index in [0.29, 0.717) is 13.0 Å². The lowest BCUT2D eigenvalue weighted by molar-refractivity contribution is -0.123. The largest absolute Gasteiger partial charge is 0.385 e. The van der Waals surface area contributed by atoms with Crippen LogP contribution in [0.3, 0.4) is 0 Å². The molecule has 0 spiro atoms. The van der Waals surface area contributed by atoms with Gasteiger partial charge in [-0.15, -0.1) is 0 Å². The summed E-state index contributed by atoms with van der Waals surface area (Å²) in [7, 11) is 0. The highest BCUT2D eigenvalue weighted by Gasteiger charge is 2.39. The summed E-state index contributed by atoms with van der Waals surface area (Å²) in [6, 6.07) is 1.58. The van der Waals surface area contributed by atoms with Crippen LogP contribution in [0.5, 0.6) is 0 Å². The van der Waals surface area contributed by atoms with E-state index in [1.807, 2.05) is 0 Å². The summed E-state index contributed by atoms with van der Waals surface area (Å²) in [5.74, 6) is -0.345. The van der Waals surface area contributed by atoms with Crippen LogP contribution in [0.25, 0.3) is 0 Å². The molecule has 1 saturated heterocycles. The van der Waals surface area contributed by atoms with Crippen molar-refractivity contribution in [3.8, 4) is 0 Å². The molecule has 2 N–H and O–H groups in total. The molecular formula is C12H17N3O4. The minimum atomic E-state index is -1.03. The average Bonchev–Trinajstić information content (AvgIpc) is 2.71. The number of carbonyl (C=O) groups excluding carboxylic acids is 1. The number of hydrogen-bond acceptors (Lipinski definition) is 5. The van der Waals surface area contributed by atoms with Crippen LogP contribution in [0.1, 0.15) is 13.3 Å². The third-order valence-corrected chi connectivity index (χ3v) is 3.35. The van der Waals surface area contributed by atoms with Gasteiger partial charge in [0.2, 0.25) is 5.91 Å². The summed E-state index contributed by atoms with van der Waals surface area (Å²) in [4.78, 5) is 26.6. The van der Waals surface area contributed by atoms with Crippen molar-refractivity contribution in [2.75, 3.05) is 13.2 Å². The second kappa shape index (κ2) is 5.50. The van der Waals surface area contributed by atoms with E-state index in [4.69, 9.17) is 4.74 Å². The molecule has 1 aromatic heterocycles. The number of ether oxygens (including phenoxy) is 1. The lowest BCUT2D eigenvalue weighted by atomic mass is 9.97. The molecule has 2 unspecified atom stereocenters. The van der Waals surface area contributed by atoms with Crippen LogP contribution in [0.2, 0.25) is 0 Å². The van der Waals surface area contributed by atoms with Crippen LogP contribution >= 0.6 is 0 Å². The molecule has 1 amide bonds. The van der Waals surface area contributed by atoms with Gasteiger partial charge in [0.25, 0.3) is 0 Å². The Morgan fingerprint density at radius 1 is 1.74 bits per heavy atom. The maximum atomic E-state index is 11.7. The fourth-order valence-corrected chi connectivity index (χ4v) is 1.97. The first-order valence-electron chi connectivity index (χ1n) is 6.13. The van der Waals surface area contributed by atoms with Gasteiger partial charge in [-0.25, -0.2) is 9.78 Å². The monoisotopic (exact) mass is 267 g/mol. The van der Waals surface area contributed by atoms with Crippen molar-refractivity contribution in [3.63, 3.8) is 0 Å². The van der Waals surface area contributed by atoms with Gasteiger partial charge < -0.3 is 15.2 Å². The molecule has 19 heavy (non-hydrogen) atoms. The van der Waals surface area contributed by atoms with Crippen LogP contribution in [-0.2, 0) is 16.1 Å². The van der Waals surface area contributed by atoms with E-state index in [1.165, 1.54) is 17.0 Å². The smallest absolute Gasteiger partial charge is 0.347 e. The van der Waals surface area contributed by atoms with Gasteiger partial charge in [0.05, 0.1) is 6.10 Å². The van der Waals surface area contributed by atoms with E-state index >= 15 is 0 Å². The Labute approximate surface area is 110 Å². The Hall–Kier alpha value is -1.73. The van der Waals surface area contributed by atoms with E-state index in [0.717, 1.165) is 0 Å². The number of rotatable bonds is 4. The van der Waals surface area contributed by atoms with Crippen LogP contribution in [0.4, 0.5) is 0 Å². The highest BCUT2D eigenvalue weighted by molar-refractivity contribution is 5.75. The number of aromatic nitrogens is 2. The lowest BCUT2D eigenvalue weighted by Crippen LogP contribution is -2.48. The standard InChI is InChI=1S/C12H17N3O4/c1-9-12(18,3-6-19-9)8-14-10(16)7-15-5-2-4-13-11(15)17/h2,4-5,9,18H,3,6-8H2,1H3,(H,14,16). The Bertz CT molecular complexity index is 516. The number of carbonyl (C=O) groups is 1. The Morgan fingerprint density at radius 2 is 2.53 bits per heavy atom. The second-order valence-corrected chi connectivity index (χ2v) is 4.67. The predicted octanol–water partition coefficient (Wildman–Crippen LogP) is -1.10. The normalized spacial score (nSPS) is 26.3. The summed E-state index contributed by atoms with van der Waals surface area (Å²) in [5.41, 5.74) is -1.51. The van der Waals surface area contributed by atoms with Gasteiger partial charge in [0.15, 0.2) is 0 Å². The number of nitrogens with one attached hydrogen (secondary N) is 1. The molecule has 2 atom stereocenters. The van der Waals surface area contributed by atoms with Crippen molar-refractivity contribution in [1.82, 2.24) is 14.9 Å². The van der Waals surface area contributed by atoms with Crippen LogP contribution in [-0.4, -0.2) is 45.4 Å². The first-order chi connectivity index (χ1) is 9.01. The molecule has 0 saturated carbocycles. The zero-order valence-electron chi connectivity index (χ0n) is 10.7. The maximum Gasteiger partial charge on any atom is 0.347 e. The third-order valence-electron chi connectivity index (χ3n) is 3.35. The van der Waals surface area contributed by atoms with Crippen molar-refractivity contribution in [3.05, 3.63) is 28.9 Å². The van der Waals surface area contributed by atoms with Crippen LogP contribution in [0, 0.1) is 0 Å². The van der Waals surface area contributed by atoms with E-state index in [9.17, 15) is 14.7 Å². The Balaban J connectivity index is 1.89. The van der Waals surface area contributed by atoms with E-state index in [2.05, 4.69) is 10.3 Å². The highest BCUT2D eigenvalue weighted by Crippen LogP contribution is 2.24. The fourth-order valence-electron chi connectivity index (χ4n) is 1.97. The van der Waals surface area contributed by atoms with Crippen molar-refractivity contribution in [1.29, 1.82) is 0 Å². The first kappa shape index (κ1) is 13.7. The second-order valence-electron chi connectivity index (χ2n) is 4.67. The fraction of sp³-hybridized carbons (Fsp3) is 0.583. The molecule has 7 heteroatoms. The molecule has 1 aromatic rings. The maximum absolute atomic E-state index is 11.7. The zero-order valence-corrected chi connectivity index (χ0v) is 10.7. The van der Waals surface area contributed by atoms with Gasteiger partial charge in [-0.1, -0.05) is 0 Å². The summed E-state index contributed by atoms with van der Waals surface area (Å²) < 4.78 is 6.47. The van der Waals surface area contributed by atoms with Crippen molar-refractivity contribution < 1.29 is 14.6 Å². The lowest BCUT2D eigenvalue weighted by Gasteiger charge is -2.26. The number of hydrogen-bond donors (Lipinski definition) is 2. The topological polar surface area (TPSA) is 93.4 Å². The van der Waals surface area contributed by atoms with Gasteiger partial charge in [-0.05, 0) is 13.0 Å². The van der Waals surface area contributed by atoms with Crippen molar-refractivity contribution in [2.24, 2.45) is 0 Å². The molecule has 0 aromatic carbocycles. The molecule has 7 nitrogen and oxygen atoms in total. The highest BCUT2D eigenvalue weighted by atomic mass is 16.5. The molecule has 1 fully saturated rings. The van der Waals surface area contributed by atoms with Gasteiger partial charge in [-0.3, -0.25) is 9.36 Å². The third kappa shape index (κ3) is 3.18. The number of amides is 1. The Morgan fingerprint density at radius 3 is 3.16 bits per heavy atom. The first-order valence-corrected chi connectivity index (χ1v) is 6.13. The Kier molecular flexibility index (Phi) is 3.96. The zero-order chi connectivity index (χ0) is 13.9. The summed E-state index contributed by atoms with van der Waals surface area (Å²) in [6.45, 7) is 2.25. The molecule has 2 rings (SSSR count). The minimum absolute atomic E-state index is 0.113. The number of aliphatic hydroxyl groups is 1. The molecule has 0 bridgehead atoms. The average molecular weight is 267 g/mol. The SMILES string of the molecule is CC1OCCC1(O)CNC(=O)Cn1cccnc1=O. The summed E-state index contributed by atoms with van der Waals surface area (Å²) in [5, 5.41) is 12.8. The predicted molar refractivity (Wildman–Crippen MR) is 66.5 cm³/mol. The van der Waals surface area contributed by atoms with E-state index < -0.39 is 11.3 Å². The molecule has 1 aliphatic heterocycles. The van der Waals surface area contributed by atoms with Gasteiger partial charge in [0.1, 0.15) is 12.1 Å². The molecule has 1 aliphatic rings. The summed E-state index contributed by atoms with van der Waals surface area (Å²) in [6.07, 6.45) is 3.04. The van der Waals surface area contributed by atoms with Crippen molar-refractivity contribution >= 4 is 5.91 Å². The quantitative estimate of drug-likeness (QED) is 0.722. The molecule has 0 aliphatic carbocycles. The van der Waals surface area contributed by atoms with E-state index in [-0.39, 0.29) is 25.1 Å². The van der Waals surface area contributed by atoms with Gasteiger partial charge in [-0.2, -0.15) is 0 Å². The van der Waals surface area contributed by atoms with Crippen LogP contribution in [0.15, 0.2) is 23.3 Å². The molecule has 2 heterocycles. The summed E-state index contributed by atoms with van der Waals surface area (Å²) >= 11 is 0. The van der Waals surface area contributed by atoms with Gasteiger partial charge >= 0.3 is 5.69 Å². The molecular weight excluding hydrogens is 250 g/mol. The van der Waals surface area contributed by atoms with Crippen LogP contribution < -0.4 is 11.0 Å². The molecule has 0 radical (unpaired) electrons. The molecule has 104 valence electrons. The van der Waals surface area contributed by atoms with Crippen molar-refractivity contribution in [2.45, 2.75) is 31.6 Å². The van der Waals surface area contributed by atoms with Gasteiger partial charge in [0, 0.05) is 32.0 Å². The number of nitrogens with zero attached hydrogens (tertiary/aromatic N) is 2. The minimum Gasteiger partial charge on any atom is -0.385 e.